The fraction of sp³-hybridized carbons (Fsp3) is 0.444. The first-order valence-corrected chi connectivity index (χ1v) is 8.26. The van der Waals surface area contributed by atoms with Gasteiger partial charge in [0.25, 0.3) is 0 Å². The van der Waals surface area contributed by atoms with Gasteiger partial charge in [0, 0.05) is 11.9 Å². The molecule has 0 aliphatic heterocycles. The van der Waals surface area contributed by atoms with Crippen molar-refractivity contribution < 1.29 is 23.1 Å². The number of phenols is 1. The number of hydrogen-bond donors (Lipinski definition) is 2. The van der Waals surface area contributed by atoms with Gasteiger partial charge in [-0.3, -0.25) is 4.79 Å². The molecule has 1 aromatic carbocycles. The number of hydrogen-bond acceptors (Lipinski definition) is 4. The maximum Gasteiger partial charge on any atom is 0.340 e. The van der Waals surface area contributed by atoms with Gasteiger partial charge in [0.1, 0.15) is 0 Å². The summed E-state index contributed by atoms with van der Waals surface area (Å²) >= 11 is 0. The third-order valence-electron chi connectivity index (χ3n) is 4.14. The number of aromatic hydroxyl groups is 1. The quantitative estimate of drug-likeness (QED) is 0.591. The van der Waals surface area contributed by atoms with E-state index in [1.165, 1.54) is 6.92 Å². The van der Waals surface area contributed by atoms with Gasteiger partial charge in [-0.05, 0) is 25.0 Å². The van der Waals surface area contributed by atoms with E-state index in [0.29, 0.717) is 6.54 Å². The molecule has 1 heterocycles. The number of unbranched alkanes of at least 4 members (excludes halogenated alkanes) is 3. The molecule has 2 rings (SSSR count). The van der Waals surface area contributed by atoms with Crippen LogP contribution in [-0.4, -0.2) is 17.6 Å². The number of nitrogens with one attached hydrogen (secondary N) is 1. The molecule has 0 atom stereocenters. The van der Waals surface area contributed by atoms with Gasteiger partial charge in [-0.2, -0.15) is 4.39 Å². The third-order valence-corrected chi connectivity index (χ3v) is 4.14. The Morgan fingerprint density at radius 1 is 1.28 bits per heavy atom. The Hall–Kier alpha value is -2.44. The van der Waals surface area contributed by atoms with Crippen molar-refractivity contribution in [2.24, 2.45) is 0 Å². The second kappa shape index (κ2) is 8.09. The summed E-state index contributed by atoms with van der Waals surface area (Å²) in [5, 5.41) is 12.0. The zero-order chi connectivity index (χ0) is 18.6. The van der Waals surface area contributed by atoms with Crippen molar-refractivity contribution in [2.75, 3.05) is 6.54 Å². The Bertz CT molecular complexity index is 845. The molecule has 136 valence electrons. The number of rotatable bonds is 7. The summed E-state index contributed by atoms with van der Waals surface area (Å²) < 4.78 is 32.3. The average molecular weight is 353 g/mol. The number of aryl methyl sites for hydroxylation is 1. The molecule has 2 aromatic rings. The standard InChI is InChI=1S/C18H21F2NO4/c1-3-4-5-6-7-21-14(22)9-12-10(2)11-8-13(19)16(23)15(20)17(11)25-18(12)24/h8,23H,3-7,9H2,1-2H3,(H,21,22). The molecule has 0 fully saturated rings. The molecule has 0 unspecified atom stereocenters. The first-order valence-electron chi connectivity index (χ1n) is 8.26. The highest BCUT2D eigenvalue weighted by atomic mass is 19.1. The van der Waals surface area contributed by atoms with Crippen molar-refractivity contribution in [3.8, 4) is 5.75 Å². The van der Waals surface area contributed by atoms with Crippen LogP contribution in [0.15, 0.2) is 15.3 Å². The van der Waals surface area contributed by atoms with E-state index in [0.717, 1.165) is 31.7 Å². The highest BCUT2D eigenvalue weighted by Gasteiger charge is 2.21. The SMILES string of the molecule is CCCCCCNC(=O)Cc1c(C)c2cc(F)c(O)c(F)c2oc1=O. The molecule has 0 saturated heterocycles. The first-order chi connectivity index (χ1) is 11.9. The van der Waals surface area contributed by atoms with Gasteiger partial charge in [0.2, 0.25) is 11.7 Å². The van der Waals surface area contributed by atoms with Gasteiger partial charge >= 0.3 is 5.63 Å². The lowest BCUT2D eigenvalue weighted by Gasteiger charge is -2.10. The van der Waals surface area contributed by atoms with Gasteiger partial charge in [0.05, 0.1) is 12.0 Å². The number of halogens is 2. The van der Waals surface area contributed by atoms with Crippen molar-refractivity contribution >= 4 is 16.9 Å². The fourth-order valence-electron chi connectivity index (χ4n) is 2.65. The van der Waals surface area contributed by atoms with E-state index < -0.39 is 28.6 Å². The second-order valence-corrected chi connectivity index (χ2v) is 5.98. The van der Waals surface area contributed by atoms with Gasteiger partial charge < -0.3 is 14.8 Å². The Morgan fingerprint density at radius 3 is 2.68 bits per heavy atom. The summed E-state index contributed by atoms with van der Waals surface area (Å²) in [6, 6.07) is 0.887. The van der Waals surface area contributed by atoms with Crippen LogP contribution in [0.25, 0.3) is 11.0 Å². The molecule has 5 nitrogen and oxygen atoms in total. The number of carbonyl (C=O) groups is 1. The van der Waals surface area contributed by atoms with Gasteiger partial charge in [-0.1, -0.05) is 26.2 Å². The molecular formula is C18H21F2NO4. The largest absolute Gasteiger partial charge is 0.503 e. The number of amides is 1. The van der Waals surface area contributed by atoms with Crippen LogP contribution in [0, 0.1) is 18.6 Å². The smallest absolute Gasteiger partial charge is 0.340 e. The molecule has 0 aliphatic carbocycles. The predicted octanol–water partition coefficient (Wildman–Crippen LogP) is 3.32. The zero-order valence-electron chi connectivity index (χ0n) is 14.2. The number of fused-ring (bicyclic) bond motifs is 1. The van der Waals surface area contributed by atoms with Crippen LogP contribution in [-0.2, 0) is 11.2 Å². The van der Waals surface area contributed by atoms with Gasteiger partial charge in [0.15, 0.2) is 17.1 Å². The lowest BCUT2D eigenvalue weighted by Crippen LogP contribution is -2.28. The number of phenolic OH excluding ortho intramolecular Hbond substituents is 1. The monoisotopic (exact) mass is 353 g/mol. The van der Waals surface area contributed by atoms with E-state index in [-0.39, 0.29) is 28.8 Å². The van der Waals surface area contributed by atoms with E-state index >= 15 is 0 Å². The lowest BCUT2D eigenvalue weighted by molar-refractivity contribution is -0.120. The van der Waals surface area contributed by atoms with Crippen LogP contribution in [0.2, 0.25) is 0 Å². The minimum absolute atomic E-state index is 0.0122. The fourth-order valence-corrected chi connectivity index (χ4v) is 2.65. The molecule has 0 spiro atoms. The van der Waals surface area contributed by atoms with Crippen LogP contribution in [0.4, 0.5) is 8.78 Å². The van der Waals surface area contributed by atoms with Crippen LogP contribution in [0.1, 0.15) is 43.7 Å². The third kappa shape index (κ3) is 4.15. The highest BCUT2D eigenvalue weighted by molar-refractivity contribution is 5.85. The van der Waals surface area contributed by atoms with Crippen LogP contribution >= 0.6 is 0 Å². The van der Waals surface area contributed by atoms with E-state index in [4.69, 9.17) is 4.42 Å². The number of carbonyl (C=O) groups excluding carboxylic acids is 1. The zero-order valence-corrected chi connectivity index (χ0v) is 14.2. The molecule has 0 radical (unpaired) electrons. The van der Waals surface area contributed by atoms with E-state index in [1.807, 2.05) is 0 Å². The van der Waals surface area contributed by atoms with Crippen LogP contribution < -0.4 is 10.9 Å². The van der Waals surface area contributed by atoms with Crippen molar-refractivity contribution in [3.63, 3.8) is 0 Å². The van der Waals surface area contributed by atoms with Gasteiger partial charge in [-0.15, -0.1) is 0 Å². The maximum absolute atomic E-state index is 13.9. The molecule has 0 aliphatic rings. The number of benzene rings is 1. The van der Waals surface area contributed by atoms with E-state index in [9.17, 15) is 23.5 Å². The molecule has 1 amide bonds. The normalized spacial score (nSPS) is 11.0. The van der Waals surface area contributed by atoms with Crippen molar-refractivity contribution in [1.29, 1.82) is 0 Å². The van der Waals surface area contributed by atoms with E-state index in [1.54, 1.807) is 0 Å². The minimum Gasteiger partial charge on any atom is -0.503 e. The summed E-state index contributed by atoms with van der Waals surface area (Å²) in [5.74, 6) is -4.05. The van der Waals surface area contributed by atoms with Crippen molar-refractivity contribution in [2.45, 2.75) is 46.0 Å². The molecule has 0 saturated carbocycles. The summed E-state index contributed by atoms with van der Waals surface area (Å²) in [7, 11) is 0. The summed E-state index contributed by atoms with van der Waals surface area (Å²) in [6.45, 7) is 4.08. The summed E-state index contributed by atoms with van der Waals surface area (Å²) in [4.78, 5) is 24.1. The Kier molecular flexibility index (Phi) is 6.12. The topological polar surface area (TPSA) is 79.5 Å². The Balaban J connectivity index is 2.23. The van der Waals surface area contributed by atoms with Crippen molar-refractivity contribution in [1.82, 2.24) is 5.32 Å². The Labute approximate surface area is 143 Å². The van der Waals surface area contributed by atoms with Crippen molar-refractivity contribution in [3.05, 3.63) is 39.2 Å². The maximum atomic E-state index is 13.9. The molecule has 0 bridgehead atoms. The molecule has 25 heavy (non-hydrogen) atoms. The molecule has 7 heteroatoms. The molecular weight excluding hydrogens is 332 g/mol. The minimum atomic E-state index is -1.33. The Morgan fingerprint density at radius 2 is 2.00 bits per heavy atom. The van der Waals surface area contributed by atoms with E-state index in [2.05, 4.69) is 12.2 Å². The summed E-state index contributed by atoms with van der Waals surface area (Å²) in [5.41, 5.74) is -1.10. The predicted molar refractivity (Wildman–Crippen MR) is 89.7 cm³/mol. The average Bonchev–Trinajstić information content (AvgIpc) is 2.58. The van der Waals surface area contributed by atoms with Crippen LogP contribution in [0.5, 0.6) is 5.75 Å². The second-order valence-electron chi connectivity index (χ2n) is 5.98. The molecule has 2 N–H and O–H groups in total. The summed E-state index contributed by atoms with van der Waals surface area (Å²) in [6.07, 6.45) is 3.81. The van der Waals surface area contributed by atoms with Gasteiger partial charge in [-0.25, -0.2) is 9.18 Å². The van der Waals surface area contributed by atoms with Crippen LogP contribution in [0.3, 0.4) is 0 Å². The highest BCUT2D eigenvalue weighted by Crippen LogP contribution is 2.30. The first kappa shape index (κ1) is 18.9. The molecule has 1 aromatic heterocycles. The lowest BCUT2D eigenvalue weighted by atomic mass is 10.0.